The Morgan fingerprint density at radius 2 is 2.18 bits per heavy atom. The molecule has 0 fully saturated rings. The highest BCUT2D eigenvalue weighted by molar-refractivity contribution is 5.94. The molecule has 1 aliphatic carbocycles. The first-order valence-electron chi connectivity index (χ1n) is 7.59. The summed E-state index contributed by atoms with van der Waals surface area (Å²) in [6.07, 6.45) is 3.71. The van der Waals surface area contributed by atoms with Crippen LogP contribution in [0.15, 0.2) is 24.3 Å². The smallest absolute Gasteiger partial charge is 0.272 e. The first-order valence-corrected chi connectivity index (χ1v) is 7.59. The standard InChI is InChI=1S/C16H17N5O/c22-16(15-10-4-3-7-11(10)20-21-15)17-9-8-14-18-12-5-1-2-6-13(12)19-14/h1-2,5-6H,3-4,7-9H2,(H,17,22)(H,18,19)(H,20,21). The highest BCUT2D eigenvalue weighted by atomic mass is 16.1. The Bertz CT molecular complexity index is 799. The maximum Gasteiger partial charge on any atom is 0.272 e. The van der Waals surface area contributed by atoms with Gasteiger partial charge in [0.1, 0.15) is 5.82 Å². The largest absolute Gasteiger partial charge is 0.350 e. The number of nitrogens with zero attached hydrogens (tertiary/aromatic N) is 2. The average Bonchev–Trinajstić information content (AvgIpc) is 3.21. The van der Waals surface area contributed by atoms with Gasteiger partial charge in [-0.05, 0) is 31.4 Å². The molecule has 6 nitrogen and oxygen atoms in total. The molecule has 0 unspecified atom stereocenters. The lowest BCUT2D eigenvalue weighted by Gasteiger charge is -2.02. The number of benzene rings is 1. The summed E-state index contributed by atoms with van der Waals surface area (Å²) in [4.78, 5) is 20.0. The molecule has 1 amide bonds. The molecule has 1 aliphatic rings. The number of H-pyrrole nitrogens is 2. The Morgan fingerprint density at radius 1 is 1.27 bits per heavy atom. The molecule has 4 rings (SSSR count). The molecule has 0 saturated heterocycles. The van der Waals surface area contributed by atoms with Crippen molar-refractivity contribution in [3.63, 3.8) is 0 Å². The van der Waals surface area contributed by atoms with E-state index in [9.17, 15) is 4.79 Å². The number of hydrogen-bond acceptors (Lipinski definition) is 3. The fourth-order valence-corrected chi connectivity index (χ4v) is 3.01. The van der Waals surface area contributed by atoms with Crippen LogP contribution in [0.3, 0.4) is 0 Å². The molecule has 0 spiro atoms. The Balaban J connectivity index is 1.39. The minimum Gasteiger partial charge on any atom is -0.350 e. The number of aromatic amines is 2. The van der Waals surface area contributed by atoms with Crippen molar-refractivity contribution in [3.8, 4) is 0 Å². The molecule has 6 heteroatoms. The SMILES string of the molecule is O=C(NCCc1nc2ccccc2[nH]1)c1n[nH]c2c1CCC2. The molecule has 0 bridgehead atoms. The molecule has 22 heavy (non-hydrogen) atoms. The number of carbonyl (C=O) groups excluding carboxylic acids is 1. The van der Waals surface area contributed by atoms with Crippen LogP contribution >= 0.6 is 0 Å². The van der Waals surface area contributed by atoms with Crippen molar-refractivity contribution >= 4 is 16.9 Å². The molecule has 0 radical (unpaired) electrons. The van der Waals surface area contributed by atoms with Crippen LogP contribution < -0.4 is 5.32 Å². The zero-order valence-electron chi connectivity index (χ0n) is 12.1. The van der Waals surface area contributed by atoms with Crippen LogP contribution in [0.4, 0.5) is 0 Å². The van der Waals surface area contributed by atoms with Crippen LogP contribution in [0, 0.1) is 0 Å². The lowest BCUT2D eigenvalue weighted by atomic mass is 10.2. The van der Waals surface area contributed by atoms with E-state index >= 15 is 0 Å². The average molecular weight is 295 g/mol. The zero-order chi connectivity index (χ0) is 14.9. The minimum atomic E-state index is -0.101. The summed E-state index contributed by atoms with van der Waals surface area (Å²) < 4.78 is 0. The van der Waals surface area contributed by atoms with Gasteiger partial charge in [0.15, 0.2) is 5.69 Å². The third-order valence-electron chi connectivity index (χ3n) is 4.11. The second-order valence-corrected chi connectivity index (χ2v) is 5.59. The van der Waals surface area contributed by atoms with Crippen LogP contribution in [-0.2, 0) is 19.3 Å². The summed E-state index contributed by atoms with van der Waals surface area (Å²) in [5.41, 5.74) is 4.73. The van der Waals surface area contributed by atoms with E-state index in [2.05, 4.69) is 25.5 Å². The number of rotatable bonds is 4. The Hall–Kier alpha value is -2.63. The van der Waals surface area contributed by atoms with Crippen molar-refractivity contribution in [3.05, 3.63) is 47.0 Å². The molecule has 0 atom stereocenters. The van der Waals surface area contributed by atoms with Crippen molar-refractivity contribution in [2.45, 2.75) is 25.7 Å². The number of amides is 1. The third kappa shape index (κ3) is 2.26. The molecule has 0 aliphatic heterocycles. The molecular formula is C16H17N5O. The van der Waals surface area contributed by atoms with Crippen LogP contribution in [0.25, 0.3) is 11.0 Å². The molecule has 0 saturated carbocycles. The van der Waals surface area contributed by atoms with E-state index < -0.39 is 0 Å². The number of aromatic nitrogens is 4. The van der Waals surface area contributed by atoms with Crippen molar-refractivity contribution in [1.29, 1.82) is 0 Å². The Kier molecular flexibility index (Phi) is 3.14. The summed E-state index contributed by atoms with van der Waals surface area (Å²) >= 11 is 0. The second-order valence-electron chi connectivity index (χ2n) is 5.59. The predicted octanol–water partition coefficient (Wildman–Crippen LogP) is 1.75. The van der Waals surface area contributed by atoms with Crippen LogP contribution in [0.5, 0.6) is 0 Å². The van der Waals surface area contributed by atoms with E-state index in [1.807, 2.05) is 24.3 Å². The van der Waals surface area contributed by atoms with Crippen molar-refractivity contribution in [2.24, 2.45) is 0 Å². The fraction of sp³-hybridized carbons (Fsp3) is 0.312. The second kappa shape index (κ2) is 5.29. The maximum atomic E-state index is 12.2. The molecule has 1 aromatic carbocycles. The highest BCUT2D eigenvalue weighted by Crippen LogP contribution is 2.22. The zero-order valence-corrected chi connectivity index (χ0v) is 12.1. The Labute approximate surface area is 127 Å². The lowest BCUT2D eigenvalue weighted by molar-refractivity contribution is 0.0948. The minimum absolute atomic E-state index is 0.101. The van der Waals surface area contributed by atoms with Gasteiger partial charge in [-0.25, -0.2) is 4.98 Å². The van der Waals surface area contributed by atoms with Gasteiger partial charge in [0.05, 0.1) is 11.0 Å². The lowest BCUT2D eigenvalue weighted by Crippen LogP contribution is -2.27. The van der Waals surface area contributed by atoms with Gasteiger partial charge in [-0.1, -0.05) is 12.1 Å². The molecular weight excluding hydrogens is 278 g/mol. The molecule has 2 aromatic heterocycles. The van der Waals surface area contributed by atoms with Gasteiger partial charge in [0.25, 0.3) is 5.91 Å². The van der Waals surface area contributed by atoms with Gasteiger partial charge in [-0.15, -0.1) is 0 Å². The monoisotopic (exact) mass is 295 g/mol. The number of aryl methyl sites for hydroxylation is 1. The van der Waals surface area contributed by atoms with E-state index in [0.29, 0.717) is 18.7 Å². The number of hydrogen-bond donors (Lipinski definition) is 3. The first-order chi connectivity index (χ1) is 10.8. The van der Waals surface area contributed by atoms with Gasteiger partial charge in [-0.3, -0.25) is 9.89 Å². The Morgan fingerprint density at radius 3 is 3.09 bits per heavy atom. The maximum absolute atomic E-state index is 12.2. The number of carbonyl (C=O) groups is 1. The van der Waals surface area contributed by atoms with E-state index in [-0.39, 0.29) is 5.91 Å². The van der Waals surface area contributed by atoms with E-state index in [1.54, 1.807) is 0 Å². The van der Waals surface area contributed by atoms with E-state index in [4.69, 9.17) is 0 Å². The van der Waals surface area contributed by atoms with Crippen molar-refractivity contribution in [1.82, 2.24) is 25.5 Å². The quantitative estimate of drug-likeness (QED) is 0.685. The fourth-order valence-electron chi connectivity index (χ4n) is 3.01. The summed E-state index contributed by atoms with van der Waals surface area (Å²) in [5, 5.41) is 10.0. The normalized spacial score (nSPS) is 13.5. The highest BCUT2D eigenvalue weighted by Gasteiger charge is 2.22. The van der Waals surface area contributed by atoms with E-state index in [0.717, 1.165) is 47.4 Å². The van der Waals surface area contributed by atoms with Crippen molar-refractivity contribution in [2.75, 3.05) is 6.54 Å². The molecule has 3 aromatic rings. The topological polar surface area (TPSA) is 86.5 Å². The van der Waals surface area contributed by atoms with Gasteiger partial charge >= 0.3 is 0 Å². The number of nitrogens with one attached hydrogen (secondary N) is 3. The summed E-state index contributed by atoms with van der Waals surface area (Å²) in [5.74, 6) is 0.782. The first kappa shape index (κ1) is 13.1. The van der Waals surface area contributed by atoms with Crippen LogP contribution in [0.2, 0.25) is 0 Å². The van der Waals surface area contributed by atoms with Gasteiger partial charge in [-0.2, -0.15) is 5.10 Å². The summed E-state index contributed by atoms with van der Waals surface area (Å²) in [6.45, 7) is 0.542. The predicted molar refractivity (Wildman–Crippen MR) is 82.7 cm³/mol. The third-order valence-corrected chi connectivity index (χ3v) is 4.11. The number of para-hydroxylation sites is 2. The molecule has 2 heterocycles. The number of fused-ring (bicyclic) bond motifs is 2. The van der Waals surface area contributed by atoms with Crippen LogP contribution in [-0.4, -0.2) is 32.6 Å². The van der Waals surface area contributed by atoms with Gasteiger partial charge in [0, 0.05) is 24.2 Å². The summed E-state index contributed by atoms with van der Waals surface area (Å²) in [7, 11) is 0. The molecule has 112 valence electrons. The van der Waals surface area contributed by atoms with Gasteiger partial charge < -0.3 is 10.3 Å². The van der Waals surface area contributed by atoms with Crippen LogP contribution in [0.1, 0.15) is 34.0 Å². The van der Waals surface area contributed by atoms with E-state index in [1.165, 1.54) is 0 Å². The number of imidazole rings is 1. The van der Waals surface area contributed by atoms with Gasteiger partial charge in [0.2, 0.25) is 0 Å². The summed E-state index contributed by atoms with van der Waals surface area (Å²) in [6, 6.07) is 7.91. The van der Waals surface area contributed by atoms with Crippen molar-refractivity contribution < 1.29 is 4.79 Å². The molecule has 3 N–H and O–H groups in total.